The Morgan fingerprint density at radius 3 is 1.02 bits per heavy atom. The molecule has 0 bridgehead atoms. The van der Waals surface area contributed by atoms with Crippen molar-refractivity contribution in [1.82, 2.24) is 0 Å². The number of carbonyl (C=O) groups excluding carboxylic acids is 4. The number of rotatable bonds is 25. The molecule has 0 fully saturated rings. The molecule has 0 aromatic carbocycles. The van der Waals surface area contributed by atoms with E-state index in [0.717, 1.165) is 0 Å². The summed E-state index contributed by atoms with van der Waals surface area (Å²) in [5.74, 6) is -3.71. The lowest BCUT2D eigenvalue weighted by atomic mass is 10.2. The Labute approximate surface area is 259 Å². The smallest absolute Gasteiger partial charge is 0.308 e. The average molecular weight is 715 g/mol. The molecule has 0 spiro atoms. The second kappa shape index (κ2) is 21.9. The fourth-order valence-corrected chi connectivity index (χ4v) is 5.45. The summed E-state index contributed by atoms with van der Waals surface area (Å²) < 4.78 is 83.1. The molecule has 20 nitrogen and oxygen atoms in total. The molecule has 264 valence electrons. The number of hydrogen-bond donors (Lipinski definition) is 0. The number of carbonyl (C=O) groups is 4. The highest BCUT2D eigenvalue weighted by Gasteiger charge is 2.30. The van der Waals surface area contributed by atoms with Crippen molar-refractivity contribution in [2.45, 2.75) is 71.7 Å². The van der Waals surface area contributed by atoms with Crippen molar-refractivity contribution in [2.24, 2.45) is 0 Å². The number of phosphoric ester groups is 3. The number of esters is 4. The van der Waals surface area contributed by atoms with Crippen LogP contribution in [-0.4, -0.2) is 88.9 Å². The van der Waals surface area contributed by atoms with E-state index in [9.17, 15) is 47.6 Å². The maximum absolute atomic E-state index is 12.5. The van der Waals surface area contributed by atoms with E-state index in [4.69, 9.17) is 28.0 Å². The zero-order valence-electron chi connectivity index (χ0n) is 25.3. The third kappa shape index (κ3) is 21.6. The topological polar surface area (TPSA) is 281 Å². The lowest BCUT2D eigenvalue weighted by Gasteiger charge is -2.32. The normalized spacial score (nSPS) is 16.2. The molecule has 0 radical (unpaired) electrons. The predicted molar refractivity (Wildman–Crippen MR) is 141 cm³/mol. The van der Waals surface area contributed by atoms with Crippen LogP contribution in [0.3, 0.4) is 0 Å². The minimum Gasteiger partial charge on any atom is -0.756 e. The molecule has 0 aliphatic carbocycles. The Morgan fingerprint density at radius 1 is 0.511 bits per heavy atom. The van der Waals surface area contributed by atoms with Crippen molar-refractivity contribution in [2.75, 3.05) is 46.8 Å². The summed E-state index contributed by atoms with van der Waals surface area (Å²) in [7, 11) is -15.4. The Morgan fingerprint density at radius 2 is 0.778 bits per heavy atom. The number of ether oxygens (including phenoxy) is 4. The van der Waals surface area contributed by atoms with Gasteiger partial charge in [0.2, 0.25) is 0 Å². The second-order valence-corrected chi connectivity index (χ2v) is 12.5. The molecule has 0 heterocycles. The van der Waals surface area contributed by atoms with Crippen LogP contribution in [0.2, 0.25) is 0 Å². The molecule has 0 saturated carbocycles. The molecule has 0 saturated heterocycles. The van der Waals surface area contributed by atoms with Gasteiger partial charge in [0.05, 0.1) is 77.5 Å². The second-order valence-electron chi connectivity index (χ2n) is 8.33. The molecule has 3 atom stereocenters. The highest BCUT2D eigenvalue weighted by atomic mass is 31.2. The molecule has 0 aliphatic rings. The summed E-state index contributed by atoms with van der Waals surface area (Å²) in [5, 5.41) is 0. The fourth-order valence-electron chi connectivity index (χ4n) is 3.03. The maximum atomic E-state index is 12.5. The quantitative estimate of drug-likeness (QED) is 0.0685. The number of hydrogen-bond acceptors (Lipinski definition) is 20. The van der Waals surface area contributed by atoms with Crippen LogP contribution in [0.15, 0.2) is 0 Å². The zero-order chi connectivity index (χ0) is 34.7. The van der Waals surface area contributed by atoms with Gasteiger partial charge < -0.3 is 60.8 Å². The van der Waals surface area contributed by atoms with E-state index in [1.54, 1.807) is 0 Å². The van der Waals surface area contributed by atoms with E-state index in [0.29, 0.717) is 7.11 Å². The minimum absolute atomic E-state index is 0.0655. The predicted octanol–water partition coefficient (Wildman–Crippen LogP) is 0.0396. The molecule has 3 unspecified atom stereocenters. The highest BCUT2D eigenvalue weighted by Crippen LogP contribution is 2.46. The lowest BCUT2D eigenvalue weighted by Crippen LogP contribution is -2.31. The van der Waals surface area contributed by atoms with Gasteiger partial charge in [-0.1, -0.05) is 0 Å². The van der Waals surface area contributed by atoms with Gasteiger partial charge in [0, 0.05) is 7.11 Å². The van der Waals surface area contributed by atoms with E-state index in [1.165, 1.54) is 27.7 Å². The molecule has 0 N–H and O–H groups in total. The first-order chi connectivity index (χ1) is 20.9. The summed E-state index contributed by atoms with van der Waals surface area (Å²) in [5.41, 5.74) is 0. The average Bonchev–Trinajstić information content (AvgIpc) is 2.90. The van der Waals surface area contributed by atoms with Crippen LogP contribution in [0.4, 0.5) is 0 Å². The third-order valence-electron chi connectivity index (χ3n) is 4.69. The monoisotopic (exact) mass is 715 g/mol. The van der Waals surface area contributed by atoms with E-state index >= 15 is 0 Å². The van der Waals surface area contributed by atoms with Gasteiger partial charge in [0.25, 0.3) is 23.5 Å². The summed E-state index contributed by atoms with van der Waals surface area (Å²) >= 11 is 0. The van der Waals surface area contributed by atoms with Crippen molar-refractivity contribution >= 4 is 47.3 Å². The summed E-state index contributed by atoms with van der Waals surface area (Å²) in [6.07, 6.45) is -8.25. The first-order valence-electron chi connectivity index (χ1n) is 13.4. The Kier molecular flexibility index (Phi) is 21.0. The summed E-state index contributed by atoms with van der Waals surface area (Å²) in [6, 6.07) is 0. The van der Waals surface area contributed by atoms with E-state index < -0.39 is 105 Å². The van der Waals surface area contributed by atoms with Crippen molar-refractivity contribution in [3.63, 3.8) is 0 Å². The van der Waals surface area contributed by atoms with Gasteiger partial charge in [-0.15, -0.1) is 0 Å². The summed E-state index contributed by atoms with van der Waals surface area (Å²) in [6.45, 7) is 3.11. The van der Waals surface area contributed by atoms with Gasteiger partial charge in [0.15, 0.2) is 0 Å². The minimum atomic E-state index is -5.47. The molecule has 23 heteroatoms. The Balaban J connectivity index is 5.70. The molecule has 0 rings (SSSR count). The molecule has 45 heavy (non-hydrogen) atoms. The first kappa shape index (κ1) is 43.2. The van der Waals surface area contributed by atoms with Gasteiger partial charge in [-0.25, -0.2) is 0 Å². The standard InChI is InChI=1S/C22H41O20P3/c1-6-34-19(23)10-16(11-20(24)35-7-2)40-44(29,30)38-14-18(42-43(27,28)33-5)15-39-45(31,32)41-17(12-21(25)36-8-3)13-22(26)37-9-4/h16-18H,6-15H2,1-5H3,(H,27,28)(H,29,30)(H,31,32)/p-3. The van der Waals surface area contributed by atoms with Gasteiger partial charge in [0.1, 0.15) is 6.10 Å². The van der Waals surface area contributed by atoms with Crippen molar-refractivity contribution < 1.29 is 93.6 Å². The zero-order valence-corrected chi connectivity index (χ0v) is 28.0. The van der Waals surface area contributed by atoms with Crippen LogP contribution < -0.4 is 14.7 Å². The molecule has 0 aliphatic heterocycles. The van der Waals surface area contributed by atoms with Crippen LogP contribution in [0.1, 0.15) is 53.4 Å². The summed E-state index contributed by atoms with van der Waals surface area (Å²) in [4.78, 5) is 84.2. The SMILES string of the molecule is CCOC(=O)CC(CC(=O)OCC)OP(=O)([O-])OCC(COP(=O)([O-])OC(CC(=O)OCC)CC(=O)OCC)OP(=O)([O-])OC. The van der Waals surface area contributed by atoms with Crippen LogP contribution in [-0.2, 0) is 79.0 Å². The van der Waals surface area contributed by atoms with Crippen LogP contribution in [0, 0.1) is 0 Å². The highest BCUT2D eigenvalue weighted by molar-refractivity contribution is 7.46. The van der Waals surface area contributed by atoms with Crippen molar-refractivity contribution in [3.8, 4) is 0 Å². The Hall–Kier alpha value is -1.79. The van der Waals surface area contributed by atoms with Crippen LogP contribution in [0.5, 0.6) is 0 Å². The van der Waals surface area contributed by atoms with Crippen molar-refractivity contribution in [3.05, 3.63) is 0 Å². The van der Waals surface area contributed by atoms with E-state index in [1.807, 2.05) is 0 Å². The van der Waals surface area contributed by atoms with Gasteiger partial charge in [-0.05, 0) is 27.7 Å². The molecule has 0 aromatic rings. The number of phosphoric acid groups is 3. The van der Waals surface area contributed by atoms with Crippen molar-refractivity contribution in [1.29, 1.82) is 0 Å². The van der Waals surface area contributed by atoms with Crippen LogP contribution in [0.25, 0.3) is 0 Å². The van der Waals surface area contributed by atoms with E-state index in [2.05, 4.69) is 18.1 Å². The molecular formula is C22H38O20P3-3. The van der Waals surface area contributed by atoms with Gasteiger partial charge in [-0.2, -0.15) is 0 Å². The van der Waals surface area contributed by atoms with Gasteiger partial charge >= 0.3 is 23.9 Å². The fraction of sp³-hybridized carbons (Fsp3) is 0.818. The largest absolute Gasteiger partial charge is 0.756 e. The third-order valence-corrected chi connectivity index (χ3v) is 7.74. The lowest BCUT2D eigenvalue weighted by molar-refractivity contribution is -0.244. The molecular weight excluding hydrogens is 677 g/mol. The van der Waals surface area contributed by atoms with E-state index in [-0.39, 0.29) is 26.4 Å². The Bertz CT molecular complexity index is 972. The van der Waals surface area contributed by atoms with Crippen LogP contribution >= 0.6 is 23.5 Å². The molecule has 0 amide bonds. The maximum Gasteiger partial charge on any atom is 0.308 e. The first-order valence-corrected chi connectivity index (χ1v) is 17.7. The van der Waals surface area contributed by atoms with Gasteiger partial charge in [-0.3, -0.25) is 32.9 Å². The molecule has 0 aromatic heterocycles.